The van der Waals surface area contributed by atoms with Crippen molar-refractivity contribution in [2.75, 3.05) is 18.4 Å². The van der Waals surface area contributed by atoms with Gasteiger partial charge in [0.2, 0.25) is 0 Å². The summed E-state index contributed by atoms with van der Waals surface area (Å²) in [5.41, 5.74) is 4.02. The molecular weight excluding hydrogens is 322 g/mol. The third-order valence-electron chi connectivity index (χ3n) is 5.02. The summed E-state index contributed by atoms with van der Waals surface area (Å²) in [5, 5.41) is 10.1. The average molecular weight is 342 g/mol. The molecule has 124 valence electrons. The van der Waals surface area contributed by atoms with E-state index in [1.165, 1.54) is 0 Å². The van der Waals surface area contributed by atoms with Crippen LogP contribution >= 0.6 is 11.6 Å². The van der Waals surface area contributed by atoms with Gasteiger partial charge in [-0.1, -0.05) is 29.8 Å². The molecule has 4 nitrogen and oxygen atoms in total. The highest BCUT2D eigenvalue weighted by Crippen LogP contribution is 2.41. The summed E-state index contributed by atoms with van der Waals surface area (Å²) in [6.07, 6.45) is 0. The molecule has 1 aliphatic heterocycles. The highest BCUT2D eigenvalue weighted by Gasteiger charge is 2.53. The van der Waals surface area contributed by atoms with Gasteiger partial charge in [-0.3, -0.25) is 0 Å². The molecule has 0 radical (unpaired) electrons. The van der Waals surface area contributed by atoms with Crippen LogP contribution in [-0.4, -0.2) is 25.2 Å². The van der Waals surface area contributed by atoms with E-state index in [4.69, 9.17) is 11.6 Å². The minimum atomic E-state index is -0.118. The molecule has 3 atom stereocenters. The van der Waals surface area contributed by atoms with Crippen molar-refractivity contribution in [3.63, 3.8) is 0 Å². The predicted octanol–water partition coefficient (Wildman–Crippen LogP) is 3.65. The molecule has 1 unspecified atom stereocenters. The Morgan fingerprint density at radius 2 is 1.88 bits per heavy atom. The summed E-state index contributed by atoms with van der Waals surface area (Å²) >= 11 is 6.06. The maximum absolute atomic E-state index is 12.2. The van der Waals surface area contributed by atoms with E-state index < -0.39 is 0 Å². The van der Waals surface area contributed by atoms with Crippen LogP contribution < -0.4 is 16.0 Å². The van der Waals surface area contributed by atoms with Crippen molar-refractivity contribution < 1.29 is 4.79 Å². The fourth-order valence-electron chi connectivity index (χ4n) is 3.59. The molecule has 2 amide bonds. The average Bonchev–Trinajstić information content (AvgIpc) is 2.98. The van der Waals surface area contributed by atoms with Gasteiger partial charge in [-0.25, -0.2) is 4.79 Å². The van der Waals surface area contributed by atoms with Gasteiger partial charge in [0.05, 0.1) is 0 Å². The third kappa shape index (κ3) is 2.99. The number of aryl methyl sites for hydroxylation is 1. The first-order valence-corrected chi connectivity index (χ1v) is 8.64. The van der Waals surface area contributed by atoms with Gasteiger partial charge in [-0.2, -0.15) is 0 Å². The lowest BCUT2D eigenvalue weighted by molar-refractivity contribution is 0.250. The number of piperidine rings is 1. The molecule has 1 aliphatic carbocycles. The van der Waals surface area contributed by atoms with E-state index in [9.17, 15) is 4.79 Å². The van der Waals surface area contributed by atoms with Crippen molar-refractivity contribution in [1.82, 2.24) is 10.6 Å². The lowest BCUT2D eigenvalue weighted by atomic mass is 10.0. The zero-order chi connectivity index (χ0) is 16.7. The number of anilines is 1. The number of nitrogens with one attached hydrogen (secondary N) is 3. The quantitative estimate of drug-likeness (QED) is 0.798. The molecule has 0 spiro atoms. The maximum Gasteiger partial charge on any atom is 0.319 e. The third-order valence-corrected chi connectivity index (χ3v) is 5.26. The zero-order valence-electron chi connectivity index (χ0n) is 13.5. The Balaban J connectivity index is 1.43. The van der Waals surface area contributed by atoms with Crippen LogP contribution in [0.25, 0.3) is 11.1 Å². The van der Waals surface area contributed by atoms with Crippen LogP contribution in [-0.2, 0) is 0 Å². The number of benzene rings is 2. The summed E-state index contributed by atoms with van der Waals surface area (Å²) in [5.74, 6) is 1.23. The highest BCUT2D eigenvalue weighted by atomic mass is 35.5. The number of carbonyl (C=O) groups is 1. The molecule has 2 aliphatic rings. The number of carbonyl (C=O) groups excluding carboxylic acids is 1. The zero-order valence-corrected chi connectivity index (χ0v) is 14.2. The second-order valence-corrected chi connectivity index (χ2v) is 7.09. The Kier molecular flexibility index (Phi) is 3.94. The number of halogens is 1. The molecule has 2 aromatic rings. The fourth-order valence-corrected chi connectivity index (χ4v) is 3.78. The normalized spacial score (nSPS) is 24.3. The largest absolute Gasteiger partial charge is 0.334 e. The molecule has 1 saturated carbocycles. The molecule has 0 aromatic heterocycles. The van der Waals surface area contributed by atoms with E-state index in [0.29, 0.717) is 17.9 Å². The van der Waals surface area contributed by atoms with Gasteiger partial charge in [0, 0.05) is 29.8 Å². The first-order chi connectivity index (χ1) is 11.6. The van der Waals surface area contributed by atoms with Gasteiger partial charge in [-0.05, 0) is 59.7 Å². The van der Waals surface area contributed by atoms with E-state index in [2.05, 4.69) is 22.0 Å². The Labute approximate surface area is 146 Å². The van der Waals surface area contributed by atoms with Crippen molar-refractivity contribution >= 4 is 23.3 Å². The Morgan fingerprint density at radius 3 is 2.58 bits per heavy atom. The van der Waals surface area contributed by atoms with Gasteiger partial charge in [-0.15, -0.1) is 0 Å². The summed E-state index contributed by atoms with van der Waals surface area (Å²) in [4.78, 5) is 12.2. The number of hydrogen-bond donors (Lipinski definition) is 3. The van der Waals surface area contributed by atoms with E-state index >= 15 is 0 Å². The highest BCUT2D eigenvalue weighted by molar-refractivity contribution is 6.30. The van der Waals surface area contributed by atoms with Crippen LogP contribution in [0.2, 0.25) is 5.02 Å². The number of urea groups is 1. The second-order valence-electron chi connectivity index (χ2n) is 6.65. The summed E-state index contributed by atoms with van der Waals surface area (Å²) in [7, 11) is 0. The number of rotatable bonds is 3. The Bertz CT molecular complexity index is 782. The van der Waals surface area contributed by atoms with Crippen LogP contribution in [0.5, 0.6) is 0 Å². The molecular formula is C19H20ClN3O. The molecule has 1 heterocycles. The molecule has 24 heavy (non-hydrogen) atoms. The monoisotopic (exact) mass is 341 g/mol. The maximum atomic E-state index is 12.2. The van der Waals surface area contributed by atoms with E-state index in [1.54, 1.807) is 0 Å². The molecule has 4 rings (SSSR count). The summed E-state index contributed by atoms with van der Waals surface area (Å²) in [6, 6.07) is 14.0. The van der Waals surface area contributed by atoms with E-state index in [0.717, 1.165) is 40.5 Å². The van der Waals surface area contributed by atoms with Crippen molar-refractivity contribution in [1.29, 1.82) is 0 Å². The van der Waals surface area contributed by atoms with Gasteiger partial charge in [0.1, 0.15) is 0 Å². The standard InChI is InChI=1S/C19H20ClN3O/c1-11-7-13(12-3-2-4-14(20)8-12)5-6-17(11)22-19(24)23-18-15-9-21-10-16(15)18/h2-8,15-16,18,21H,9-10H2,1H3,(H2,22,23,24)/t15-,16+,18?. The number of hydrogen-bond acceptors (Lipinski definition) is 2. The van der Waals surface area contributed by atoms with E-state index in [1.807, 2.05) is 43.3 Å². The van der Waals surface area contributed by atoms with Gasteiger partial charge < -0.3 is 16.0 Å². The van der Waals surface area contributed by atoms with Crippen LogP contribution in [0.3, 0.4) is 0 Å². The van der Waals surface area contributed by atoms with Crippen molar-refractivity contribution in [3.05, 3.63) is 53.1 Å². The van der Waals surface area contributed by atoms with Gasteiger partial charge >= 0.3 is 6.03 Å². The molecule has 2 fully saturated rings. The lowest BCUT2D eigenvalue weighted by Crippen LogP contribution is -2.35. The summed E-state index contributed by atoms with van der Waals surface area (Å²) < 4.78 is 0. The van der Waals surface area contributed by atoms with Crippen molar-refractivity contribution in [2.45, 2.75) is 13.0 Å². The van der Waals surface area contributed by atoms with Crippen LogP contribution in [0.15, 0.2) is 42.5 Å². The van der Waals surface area contributed by atoms with Gasteiger partial charge in [0.15, 0.2) is 0 Å². The molecule has 3 N–H and O–H groups in total. The minimum Gasteiger partial charge on any atom is -0.334 e. The first kappa shape index (κ1) is 15.5. The fraction of sp³-hybridized carbons (Fsp3) is 0.316. The SMILES string of the molecule is Cc1cc(-c2cccc(Cl)c2)ccc1NC(=O)NC1[C@H]2CNC[C@@H]12. The smallest absolute Gasteiger partial charge is 0.319 e. The van der Waals surface area contributed by atoms with Crippen LogP contribution in [0.4, 0.5) is 10.5 Å². The lowest BCUT2D eigenvalue weighted by Gasteiger charge is -2.12. The second kappa shape index (κ2) is 6.11. The molecule has 1 saturated heterocycles. The van der Waals surface area contributed by atoms with Gasteiger partial charge in [0.25, 0.3) is 0 Å². The Morgan fingerprint density at radius 1 is 1.12 bits per heavy atom. The molecule has 5 heteroatoms. The van der Waals surface area contributed by atoms with Crippen molar-refractivity contribution in [2.24, 2.45) is 11.8 Å². The number of amides is 2. The predicted molar refractivity (Wildman–Crippen MR) is 97.4 cm³/mol. The summed E-state index contributed by atoms with van der Waals surface area (Å²) in [6.45, 7) is 4.03. The molecule has 0 bridgehead atoms. The topological polar surface area (TPSA) is 53.2 Å². The van der Waals surface area contributed by atoms with Crippen molar-refractivity contribution in [3.8, 4) is 11.1 Å². The van der Waals surface area contributed by atoms with Crippen LogP contribution in [0, 0.1) is 18.8 Å². The first-order valence-electron chi connectivity index (χ1n) is 8.26. The number of fused-ring (bicyclic) bond motifs is 1. The molecule has 2 aromatic carbocycles. The van der Waals surface area contributed by atoms with Crippen LogP contribution in [0.1, 0.15) is 5.56 Å². The Hall–Kier alpha value is -2.04. The van der Waals surface area contributed by atoms with E-state index in [-0.39, 0.29) is 6.03 Å². The minimum absolute atomic E-state index is 0.118.